The Morgan fingerprint density at radius 1 is 0.857 bits per heavy atom. The Morgan fingerprint density at radius 3 is 2.02 bits per heavy atom. The van der Waals surface area contributed by atoms with Gasteiger partial charge in [-0.2, -0.15) is 5.26 Å². The molecule has 0 aromatic heterocycles. The number of thioether (sulfide) groups is 1. The summed E-state index contributed by atoms with van der Waals surface area (Å²) in [6.45, 7) is 16.2. The third-order valence-electron chi connectivity index (χ3n) is 7.44. The minimum atomic E-state index is -0.0920. The van der Waals surface area contributed by atoms with E-state index >= 15 is 0 Å². The minimum Gasteiger partial charge on any atom is -0.356 e. The van der Waals surface area contributed by atoms with Crippen LogP contribution in [0.3, 0.4) is 0 Å². The van der Waals surface area contributed by atoms with E-state index in [2.05, 4.69) is 156 Å². The molecule has 0 bridgehead atoms. The molecule has 0 saturated heterocycles. The van der Waals surface area contributed by atoms with Crippen LogP contribution in [0, 0.1) is 18.3 Å². The summed E-state index contributed by atoms with van der Waals surface area (Å²) >= 11 is 1.90. The van der Waals surface area contributed by atoms with Gasteiger partial charge in [0.25, 0.3) is 0 Å². The zero-order chi connectivity index (χ0) is 30.3. The van der Waals surface area contributed by atoms with Gasteiger partial charge in [-0.1, -0.05) is 83.5 Å². The average molecular weight is 576 g/mol. The van der Waals surface area contributed by atoms with Crippen LogP contribution >= 0.6 is 11.8 Å². The zero-order valence-corrected chi connectivity index (χ0v) is 27.1. The van der Waals surface area contributed by atoms with Gasteiger partial charge in [-0.15, -0.1) is 11.8 Å². The second-order valence-corrected chi connectivity index (χ2v) is 14.2. The molecule has 0 spiro atoms. The Hall–Kier alpha value is -3.68. The molecular weight excluding hydrogens is 531 g/mol. The van der Waals surface area contributed by atoms with E-state index in [9.17, 15) is 5.26 Å². The predicted octanol–water partition coefficient (Wildman–Crippen LogP) is 10.6. The van der Waals surface area contributed by atoms with Crippen LogP contribution in [0.15, 0.2) is 102 Å². The van der Waals surface area contributed by atoms with Gasteiger partial charge in [0, 0.05) is 34.2 Å². The van der Waals surface area contributed by atoms with Crippen molar-refractivity contribution in [2.75, 3.05) is 22.5 Å². The number of nitrogens with zero attached hydrogens (tertiary/aromatic N) is 2. The largest absolute Gasteiger partial charge is 0.356 e. The lowest BCUT2D eigenvalue weighted by atomic mass is 9.77. The third-order valence-corrected chi connectivity index (χ3v) is 8.50. The molecule has 1 aliphatic rings. The van der Waals surface area contributed by atoms with E-state index < -0.39 is 0 Å². The fourth-order valence-corrected chi connectivity index (χ4v) is 6.03. The van der Waals surface area contributed by atoms with Crippen LogP contribution in [0.25, 0.3) is 0 Å². The Labute approximate surface area is 258 Å². The van der Waals surface area contributed by atoms with Crippen molar-refractivity contribution >= 4 is 28.8 Å². The lowest BCUT2D eigenvalue weighted by Crippen LogP contribution is -2.23. The lowest BCUT2D eigenvalue weighted by molar-refractivity contribution is 0.562. The first-order valence-electron chi connectivity index (χ1n) is 14.9. The van der Waals surface area contributed by atoms with Gasteiger partial charge in [0.1, 0.15) is 0 Å². The van der Waals surface area contributed by atoms with E-state index in [1.165, 1.54) is 21.8 Å². The molecule has 3 aromatic carbocycles. The molecule has 0 amide bonds. The molecule has 42 heavy (non-hydrogen) atoms. The van der Waals surface area contributed by atoms with E-state index in [4.69, 9.17) is 0 Å². The summed E-state index contributed by atoms with van der Waals surface area (Å²) in [6.07, 6.45) is 12.9. The maximum Gasteiger partial charge on any atom is 0.0997 e. The van der Waals surface area contributed by atoms with Gasteiger partial charge in [-0.25, -0.2) is 0 Å². The summed E-state index contributed by atoms with van der Waals surface area (Å²) in [7, 11) is 0. The molecule has 3 aromatic rings. The van der Waals surface area contributed by atoms with Crippen LogP contribution in [0.1, 0.15) is 76.6 Å². The van der Waals surface area contributed by atoms with Crippen molar-refractivity contribution < 1.29 is 0 Å². The van der Waals surface area contributed by atoms with Crippen LogP contribution in [0.4, 0.5) is 17.1 Å². The maximum atomic E-state index is 10.1. The molecule has 4 rings (SSSR count). The second kappa shape index (κ2) is 13.5. The minimum absolute atomic E-state index is 0.0920. The monoisotopic (exact) mass is 575 g/mol. The second-order valence-electron chi connectivity index (χ2n) is 13.0. The van der Waals surface area contributed by atoms with E-state index in [0.717, 1.165) is 53.2 Å². The molecular formula is C38H45N3S. The smallest absolute Gasteiger partial charge is 0.0997 e. The fraction of sp³-hybridized carbons (Fsp3) is 0.342. The third kappa shape index (κ3) is 8.20. The number of rotatable bonds is 9. The van der Waals surface area contributed by atoms with Crippen LogP contribution in [0.5, 0.6) is 0 Å². The first-order chi connectivity index (χ1) is 20.0. The van der Waals surface area contributed by atoms with E-state index in [1.54, 1.807) is 0 Å². The number of nitrogens with one attached hydrogen (secondary N) is 1. The molecule has 0 unspecified atom stereocenters. The summed E-state index contributed by atoms with van der Waals surface area (Å²) in [6, 6.07) is 24.3. The highest BCUT2D eigenvalue weighted by Gasteiger charge is 2.26. The van der Waals surface area contributed by atoms with Crippen LogP contribution in [0.2, 0.25) is 0 Å². The number of hydrogen-bond donors (Lipinski definition) is 1. The topological polar surface area (TPSA) is 39.1 Å². The highest BCUT2D eigenvalue weighted by atomic mass is 32.2. The summed E-state index contributed by atoms with van der Waals surface area (Å²) in [5.41, 5.74) is 8.78. The molecule has 1 aliphatic carbocycles. The van der Waals surface area contributed by atoms with Crippen molar-refractivity contribution in [1.82, 2.24) is 0 Å². The average Bonchev–Trinajstić information content (AvgIpc) is 3.23. The number of nitriles is 1. The highest BCUT2D eigenvalue weighted by Crippen LogP contribution is 2.37. The molecule has 0 aliphatic heterocycles. The van der Waals surface area contributed by atoms with Crippen LogP contribution in [-0.4, -0.2) is 12.3 Å². The Morgan fingerprint density at radius 2 is 1.45 bits per heavy atom. The fourth-order valence-electron chi connectivity index (χ4n) is 5.12. The Balaban J connectivity index is 1.50. The summed E-state index contributed by atoms with van der Waals surface area (Å²) < 4.78 is 0. The van der Waals surface area contributed by atoms with Gasteiger partial charge in [0.05, 0.1) is 11.6 Å². The standard InChI is InChI=1S/C38H45N3S/c1-28-15-17-29(18-16-28)40-30-19-21-32(22-20-30)41(31-13-10-8-9-11-14-31)23-12-24-42-33-25-35(37(2,3)4)34(27-39)36(26-33)38(5,6)7/h8-10,13-22,25-26,40H,11-12,23-24H2,1-7H3. The number of hydrogen-bond acceptors (Lipinski definition) is 4. The first-order valence-corrected chi connectivity index (χ1v) is 15.9. The number of anilines is 3. The Kier molecular flexibility index (Phi) is 10.1. The van der Waals surface area contributed by atoms with Gasteiger partial charge >= 0.3 is 0 Å². The SMILES string of the molecule is Cc1ccc(Nc2ccc(N(CCCSc3cc(C(C)(C)C)c(C#N)c(C(C)(C)C)c3)C3=CCC=CC=C3)cc2)cc1. The van der Waals surface area contributed by atoms with Crippen molar-refractivity contribution in [3.05, 3.63) is 119 Å². The van der Waals surface area contributed by atoms with Crippen molar-refractivity contribution in [3.63, 3.8) is 0 Å². The molecule has 4 heteroatoms. The van der Waals surface area contributed by atoms with E-state index in [0.29, 0.717) is 0 Å². The summed E-state index contributed by atoms with van der Waals surface area (Å²) in [5.74, 6) is 0.998. The highest BCUT2D eigenvalue weighted by molar-refractivity contribution is 7.99. The molecule has 0 heterocycles. The van der Waals surface area contributed by atoms with E-state index in [-0.39, 0.29) is 10.8 Å². The van der Waals surface area contributed by atoms with E-state index in [1.807, 2.05) is 11.8 Å². The zero-order valence-electron chi connectivity index (χ0n) is 26.3. The molecule has 0 radical (unpaired) electrons. The van der Waals surface area contributed by atoms with Crippen molar-refractivity contribution in [3.8, 4) is 6.07 Å². The van der Waals surface area contributed by atoms with Crippen molar-refractivity contribution in [1.29, 1.82) is 5.26 Å². The quantitative estimate of drug-likeness (QED) is 0.203. The van der Waals surface area contributed by atoms with Crippen LogP contribution < -0.4 is 10.2 Å². The van der Waals surface area contributed by atoms with Crippen molar-refractivity contribution in [2.24, 2.45) is 0 Å². The summed E-state index contributed by atoms with van der Waals surface area (Å²) in [4.78, 5) is 3.68. The van der Waals surface area contributed by atoms with Gasteiger partial charge in [0.15, 0.2) is 0 Å². The normalized spacial score (nSPS) is 13.3. The maximum absolute atomic E-state index is 10.1. The molecule has 0 fully saturated rings. The molecule has 1 N–H and O–H groups in total. The van der Waals surface area contributed by atoms with Crippen LogP contribution in [-0.2, 0) is 10.8 Å². The Bertz CT molecular complexity index is 1450. The van der Waals surface area contributed by atoms with Gasteiger partial charge in [0.2, 0.25) is 0 Å². The number of allylic oxidation sites excluding steroid dienone is 5. The molecule has 218 valence electrons. The van der Waals surface area contributed by atoms with Gasteiger partial charge in [-0.3, -0.25) is 0 Å². The summed E-state index contributed by atoms with van der Waals surface area (Å²) in [5, 5.41) is 13.6. The lowest BCUT2D eigenvalue weighted by Gasteiger charge is -2.28. The molecule has 0 atom stereocenters. The molecule has 3 nitrogen and oxygen atoms in total. The predicted molar refractivity (Wildman–Crippen MR) is 183 cm³/mol. The van der Waals surface area contributed by atoms with Gasteiger partial charge in [-0.05, 0) is 102 Å². The van der Waals surface area contributed by atoms with Gasteiger partial charge < -0.3 is 10.2 Å². The first kappa shape index (κ1) is 31.3. The molecule has 0 saturated carbocycles. The number of aryl methyl sites for hydroxylation is 1. The number of benzene rings is 3. The van der Waals surface area contributed by atoms with Crippen molar-refractivity contribution in [2.45, 2.75) is 77.0 Å².